The number of rotatable bonds is 8. The summed E-state index contributed by atoms with van der Waals surface area (Å²) in [6.45, 7) is 4.87. The number of aliphatic hydroxyl groups excluding tert-OH is 1. The zero-order valence-electron chi connectivity index (χ0n) is 31.4. The molecule has 3 aromatic carbocycles. The van der Waals surface area contributed by atoms with Gasteiger partial charge in [-0.05, 0) is 129 Å². The smallest absolute Gasteiger partial charge is 0.410 e. The average molecular weight is 734 g/mol. The second-order valence-electron chi connectivity index (χ2n) is 16.3. The van der Waals surface area contributed by atoms with Crippen molar-refractivity contribution in [2.24, 2.45) is 11.3 Å². The molecule has 7 heteroatoms. The van der Waals surface area contributed by atoms with Crippen molar-refractivity contribution in [1.29, 1.82) is 0 Å². The van der Waals surface area contributed by atoms with E-state index < -0.39 is 23.2 Å². The minimum Gasteiger partial charge on any atom is -0.410 e. The fraction of sp³-hybridized carbons (Fsp3) is 0.478. The minimum atomic E-state index is -1.23. The van der Waals surface area contributed by atoms with Gasteiger partial charge >= 0.3 is 6.09 Å². The lowest BCUT2D eigenvalue weighted by Crippen LogP contribution is -2.54. The van der Waals surface area contributed by atoms with Gasteiger partial charge < -0.3 is 19.8 Å². The molecule has 4 unspecified atom stereocenters. The van der Waals surface area contributed by atoms with E-state index in [1.54, 1.807) is 16.2 Å². The second-order valence-corrected chi connectivity index (χ2v) is 17.3. The molecule has 4 aromatic rings. The maximum atomic E-state index is 14.4. The van der Waals surface area contributed by atoms with Crippen molar-refractivity contribution in [3.05, 3.63) is 111 Å². The van der Waals surface area contributed by atoms with Crippen molar-refractivity contribution in [3.63, 3.8) is 0 Å². The highest BCUT2D eigenvalue weighted by Crippen LogP contribution is 2.59. The van der Waals surface area contributed by atoms with Crippen LogP contribution in [-0.4, -0.2) is 51.8 Å². The number of carbonyl (C=O) groups excluding carboxylic acids is 2. The van der Waals surface area contributed by atoms with E-state index in [9.17, 15) is 19.8 Å². The van der Waals surface area contributed by atoms with Crippen molar-refractivity contribution < 1.29 is 24.5 Å². The molecule has 2 saturated carbocycles. The fourth-order valence-corrected chi connectivity index (χ4v) is 10.1. The Kier molecular flexibility index (Phi) is 11.5. The zero-order chi connectivity index (χ0) is 37.0. The number of ketones is 1. The lowest BCUT2D eigenvalue weighted by Gasteiger charge is -2.46. The molecule has 2 fully saturated rings. The molecule has 0 aliphatic heterocycles. The van der Waals surface area contributed by atoms with Gasteiger partial charge in [0, 0.05) is 28.3 Å². The zero-order valence-corrected chi connectivity index (χ0v) is 32.2. The Hall–Kier alpha value is -3.78. The Bertz CT molecular complexity index is 1930. The van der Waals surface area contributed by atoms with Crippen LogP contribution in [0.25, 0.3) is 10.8 Å². The molecule has 1 aromatic heterocycles. The van der Waals surface area contributed by atoms with Crippen LogP contribution < -0.4 is 4.74 Å². The molecule has 4 atom stereocenters. The molecule has 0 spiro atoms. The summed E-state index contributed by atoms with van der Waals surface area (Å²) in [5, 5.41) is 28.2. The van der Waals surface area contributed by atoms with Gasteiger partial charge in [0.25, 0.3) is 0 Å². The Morgan fingerprint density at radius 3 is 2.53 bits per heavy atom. The molecule has 4 aliphatic carbocycles. The molecule has 1 heterocycles. The number of thiophene rings is 1. The van der Waals surface area contributed by atoms with Gasteiger partial charge in [-0.3, -0.25) is 4.79 Å². The molecule has 0 saturated heterocycles. The van der Waals surface area contributed by atoms with Crippen molar-refractivity contribution >= 4 is 34.0 Å². The SMILES string of the molecule is CC1=CCCC2(C)C(CCC2(O)CN(CCc2cccs2)C(=O)Oc2ccc3ccccc3c2)c2ccc(cc2C(=O)C2CCCCC2)CC(O)CC1. The third kappa shape index (κ3) is 8.33. The monoisotopic (exact) mass is 733 g/mol. The Labute approximate surface area is 318 Å². The molecule has 0 radical (unpaired) electrons. The van der Waals surface area contributed by atoms with Crippen molar-refractivity contribution in [1.82, 2.24) is 4.90 Å². The van der Waals surface area contributed by atoms with E-state index in [1.165, 1.54) is 16.9 Å². The third-order valence-corrected chi connectivity index (χ3v) is 13.7. The predicted octanol–water partition coefficient (Wildman–Crippen LogP) is 10.4. The highest BCUT2D eigenvalue weighted by molar-refractivity contribution is 7.09. The molecule has 2 bridgehead atoms. The first-order chi connectivity index (χ1) is 25.6. The van der Waals surface area contributed by atoms with E-state index in [1.807, 2.05) is 53.9 Å². The van der Waals surface area contributed by atoms with E-state index in [4.69, 9.17) is 4.74 Å². The number of hydrogen-bond acceptors (Lipinski definition) is 6. The molecule has 53 heavy (non-hydrogen) atoms. The van der Waals surface area contributed by atoms with Gasteiger partial charge in [0.05, 0.1) is 18.2 Å². The summed E-state index contributed by atoms with van der Waals surface area (Å²) in [4.78, 5) is 31.5. The van der Waals surface area contributed by atoms with Crippen molar-refractivity contribution in [3.8, 4) is 5.75 Å². The Morgan fingerprint density at radius 1 is 0.925 bits per heavy atom. The van der Waals surface area contributed by atoms with Gasteiger partial charge in [0.15, 0.2) is 5.78 Å². The number of allylic oxidation sites excluding steroid dienone is 2. The molecular weight excluding hydrogens is 679 g/mol. The summed E-state index contributed by atoms with van der Waals surface area (Å²) in [7, 11) is 0. The van der Waals surface area contributed by atoms with Crippen molar-refractivity contribution in [2.75, 3.05) is 13.1 Å². The highest BCUT2D eigenvalue weighted by atomic mass is 32.1. The summed E-state index contributed by atoms with van der Waals surface area (Å²) in [5.74, 6) is 0.623. The van der Waals surface area contributed by atoms with Gasteiger partial charge in [-0.1, -0.05) is 86.4 Å². The minimum absolute atomic E-state index is 0.0105. The number of aliphatic hydroxyl groups is 2. The van der Waals surface area contributed by atoms with Crippen LogP contribution in [0.4, 0.5) is 4.79 Å². The molecule has 4 aliphatic rings. The van der Waals surface area contributed by atoms with Crippen LogP contribution in [0, 0.1) is 11.3 Å². The van der Waals surface area contributed by atoms with Crippen LogP contribution in [0.5, 0.6) is 5.75 Å². The van der Waals surface area contributed by atoms with Gasteiger partial charge in [0.2, 0.25) is 0 Å². The first-order valence-electron chi connectivity index (χ1n) is 19.8. The van der Waals surface area contributed by atoms with Crippen LogP contribution in [-0.2, 0) is 12.8 Å². The van der Waals surface area contributed by atoms with Gasteiger partial charge in [-0.15, -0.1) is 11.3 Å². The summed E-state index contributed by atoms with van der Waals surface area (Å²) < 4.78 is 6.08. The van der Waals surface area contributed by atoms with Crippen LogP contribution in [0.2, 0.25) is 0 Å². The van der Waals surface area contributed by atoms with Gasteiger partial charge in [-0.2, -0.15) is 0 Å². The first kappa shape index (κ1) is 37.5. The van der Waals surface area contributed by atoms with Crippen LogP contribution >= 0.6 is 11.3 Å². The van der Waals surface area contributed by atoms with E-state index in [0.717, 1.165) is 66.0 Å². The topological polar surface area (TPSA) is 87.1 Å². The van der Waals surface area contributed by atoms with Crippen molar-refractivity contribution in [2.45, 2.75) is 115 Å². The lowest BCUT2D eigenvalue weighted by molar-refractivity contribution is -0.0789. The molecule has 8 rings (SSSR count). The number of nitrogens with zero attached hydrogens (tertiary/aromatic N) is 1. The largest absolute Gasteiger partial charge is 0.415 e. The van der Waals surface area contributed by atoms with E-state index in [0.29, 0.717) is 50.8 Å². The van der Waals surface area contributed by atoms with Crippen LogP contribution in [0.3, 0.4) is 0 Å². The average Bonchev–Trinajstić information content (AvgIpc) is 3.78. The maximum Gasteiger partial charge on any atom is 0.415 e. The summed E-state index contributed by atoms with van der Waals surface area (Å²) in [6, 6.07) is 24.1. The summed E-state index contributed by atoms with van der Waals surface area (Å²) in [5.41, 5.74) is 2.15. The molecule has 280 valence electrons. The number of benzene rings is 3. The van der Waals surface area contributed by atoms with Crippen LogP contribution in [0.1, 0.15) is 117 Å². The Balaban J connectivity index is 1.24. The lowest BCUT2D eigenvalue weighted by atomic mass is 9.64. The molecule has 6 nitrogen and oxygen atoms in total. The maximum absolute atomic E-state index is 14.4. The fourth-order valence-electron chi connectivity index (χ4n) is 9.44. The Morgan fingerprint density at radius 2 is 1.74 bits per heavy atom. The molecular formula is C46H55NO5S. The van der Waals surface area contributed by atoms with E-state index in [-0.39, 0.29) is 24.2 Å². The third-order valence-electron chi connectivity index (χ3n) is 12.8. The van der Waals surface area contributed by atoms with Crippen LogP contribution in [0.15, 0.2) is 89.8 Å². The van der Waals surface area contributed by atoms with E-state index >= 15 is 0 Å². The number of carbonyl (C=O) groups is 2. The number of amides is 1. The normalized spacial score (nSPS) is 25.4. The number of hydrogen-bond donors (Lipinski definition) is 2. The molecule has 2 N–H and O–H groups in total. The first-order valence-corrected chi connectivity index (χ1v) is 20.7. The predicted molar refractivity (Wildman–Crippen MR) is 214 cm³/mol. The van der Waals surface area contributed by atoms with Gasteiger partial charge in [0.1, 0.15) is 5.75 Å². The summed E-state index contributed by atoms with van der Waals surface area (Å²) in [6.07, 6.45) is 11.8. The second kappa shape index (κ2) is 16.3. The molecule has 1 amide bonds. The quantitative estimate of drug-likeness (QED) is 0.139. The van der Waals surface area contributed by atoms with E-state index in [2.05, 4.69) is 44.2 Å². The standard InChI is InChI=1S/C46H55NO5S/c1-32-10-8-24-45(2)42(40-21-17-33(28-37(48)19-16-32)29-41(40)43(49)35-12-4-3-5-13-35)22-25-46(45,51)31-47(26-23-39-15-9-27-53-39)44(50)52-38-20-18-34-11-6-7-14-36(34)30-38/h6-7,9-11,14-15,17-18,20-21,27,29-30,35,37,42,48,51H,3-5,8,12-13,16,19,22-26,28,31H2,1-2H3. The highest BCUT2D eigenvalue weighted by Gasteiger charge is 2.58. The number of fused-ring (bicyclic) bond motifs is 9. The number of ether oxygens (including phenoxy) is 1. The number of Topliss-reactive ketones (excluding diaryl/α,β-unsaturated/α-hetero) is 1. The summed E-state index contributed by atoms with van der Waals surface area (Å²) >= 11 is 1.67. The van der Waals surface area contributed by atoms with Gasteiger partial charge in [-0.25, -0.2) is 4.79 Å².